The number of fused-ring (bicyclic) bond motifs is 5. The summed E-state index contributed by atoms with van der Waals surface area (Å²) in [7, 11) is 0. The van der Waals surface area contributed by atoms with E-state index in [9.17, 15) is 0 Å². The molecular weight excluding hydrogens is 953 g/mol. The van der Waals surface area contributed by atoms with Crippen LogP contribution in [-0.2, 0) is 29.1 Å². The largest absolute Gasteiger partial charge is 0.310 e. The van der Waals surface area contributed by atoms with Gasteiger partial charge in [0.25, 0.3) is 11.8 Å². The van der Waals surface area contributed by atoms with E-state index in [1.165, 1.54) is 27.3 Å². The fourth-order valence-corrected chi connectivity index (χ4v) is 11.8. The van der Waals surface area contributed by atoms with Crippen LogP contribution in [0.5, 0.6) is 0 Å². The Balaban J connectivity index is 0.913. The fourth-order valence-electron chi connectivity index (χ4n) is 11.8. The molecule has 372 valence electrons. The summed E-state index contributed by atoms with van der Waals surface area (Å²) >= 11 is 0. The summed E-state index contributed by atoms with van der Waals surface area (Å²) in [6.45, 7) is 0.583. The molecule has 6 nitrogen and oxygen atoms in total. The van der Waals surface area contributed by atoms with Gasteiger partial charge in [-0.3, -0.25) is 9.59 Å². The number of amides is 2. The zero-order valence-electron chi connectivity index (χ0n) is 42.8. The van der Waals surface area contributed by atoms with Crippen LogP contribution in [0, 0.1) is 0 Å². The number of hydrogen-bond donors (Lipinski definition) is 0. The van der Waals surface area contributed by atoms with Crippen molar-refractivity contribution in [2.45, 2.75) is 25.9 Å². The van der Waals surface area contributed by atoms with Gasteiger partial charge in [0.15, 0.2) is 0 Å². The molecule has 0 fully saturated rings. The van der Waals surface area contributed by atoms with Crippen LogP contribution in [0.3, 0.4) is 0 Å². The summed E-state index contributed by atoms with van der Waals surface area (Å²) in [6.07, 6.45) is 6.55. The Kier molecular flexibility index (Phi) is 11.7. The summed E-state index contributed by atoms with van der Waals surface area (Å²) < 4.78 is 0. The Morgan fingerprint density at radius 2 is 0.705 bits per heavy atom. The van der Waals surface area contributed by atoms with Gasteiger partial charge in [-0.2, -0.15) is 0 Å². The standard InChI is InChI=1S/C72H52N4O2/c77-71-68-67(69(73(71)47-49-15-3-1-4-16-49)55-31-35-61(36-32-55)75(63-39-27-51-19-7-11-23-57(51)43-63)64-40-28-52-20-8-12-24-58(52)44-64)72(78)74(48-50-17-5-2-6-18-50)70(68)56-33-37-62(38-34-56)76(65-41-29-53-21-9-13-25-59(53)45-65)66-42-30-54-22-10-14-26-60(54)46-66/h1-9,11-21,23-46H,10,22,47-48H2. The minimum absolute atomic E-state index is 0.204. The third kappa shape index (κ3) is 8.41. The summed E-state index contributed by atoms with van der Waals surface area (Å²) in [5, 5.41) is 6.95. The minimum Gasteiger partial charge on any atom is -0.310 e. The number of carbonyl (C=O) groups is 2. The summed E-state index contributed by atoms with van der Waals surface area (Å²) in [5.41, 5.74) is 14.1. The third-order valence-electron chi connectivity index (χ3n) is 15.6. The maximum Gasteiger partial charge on any atom is 0.261 e. The van der Waals surface area contributed by atoms with E-state index >= 15 is 9.59 Å². The maximum atomic E-state index is 15.7. The average Bonchev–Trinajstić information content (AvgIpc) is 4.18. The number of rotatable bonds is 12. The highest BCUT2D eigenvalue weighted by Crippen LogP contribution is 2.49. The predicted molar refractivity (Wildman–Crippen MR) is 320 cm³/mol. The number of benzene rings is 11. The molecule has 0 aromatic heterocycles. The Morgan fingerprint density at radius 3 is 1.13 bits per heavy atom. The summed E-state index contributed by atoms with van der Waals surface area (Å²) in [6, 6.07) is 88.7. The van der Waals surface area contributed by atoms with Gasteiger partial charge in [0.2, 0.25) is 0 Å². The molecule has 0 spiro atoms. The van der Waals surface area contributed by atoms with Crippen molar-refractivity contribution < 1.29 is 9.59 Å². The topological polar surface area (TPSA) is 47.1 Å². The van der Waals surface area contributed by atoms with Crippen LogP contribution < -0.4 is 9.80 Å². The van der Waals surface area contributed by atoms with Crippen LogP contribution in [0.25, 0.3) is 49.8 Å². The quantitative estimate of drug-likeness (QED) is 0.122. The number of anilines is 6. The van der Waals surface area contributed by atoms with Crippen molar-refractivity contribution in [2.75, 3.05) is 9.80 Å². The number of carbonyl (C=O) groups excluding carboxylic acids is 2. The summed E-state index contributed by atoms with van der Waals surface area (Å²) in [5.74, 6) is -0.408. The van der Waals surface area contributed by atoms with Crippen molar-refractivity contribution in [2.24, 2.45) is 0 Å². The molecule has 0 atom stereocenters. The Bertz CT molecular complexity index is 4180. The monoisotopic (exact) mass is 1000 g/mol. The molecule has 14 rings (SSSR count). The lowest BCUT2D eigenvalue weighted by atomic mass is 9.96. The highest BCUT2D eigenvalue weighted by atomic mass is 16.2. The van der Waals surface area contributed by atoms with E-state index in [1.54, 1.807) is 0 Å². The van der Waals surface area contributed by atoms with Gasteiger partial charge in [0.05, 0.1) is 35.6 Å². The van der Waals surface area contributed by atoms with Gasteiger partial charge in [0.1, 0.15) is 0 Å². The van der Waals surface area contributed by atoms with Crippen molar-refractivity contribution in [1.29, 1.82) is 0 Å². The first-order valence-electron chi connectivity index (χ1n) is 26.8. The molecule has 0 bridgehead atoms. The molecule has 0 unspecified atom stereocenters. The zero-order valence-corrected chi connectivity index (χ0v) is 42.8. The summed E-state index contributed by atoms with van der Waals surface area (Å²) in [4.78, 5) is 39.5. The lowest BCUT2D eigenvalue weighted by Gasteiger charge is -2.28. The molecule has 78 heavy (non-hydrogen) atoms. The van der Waals surface area contributed by atoms with E-state index in [2.05, 4.69) is 216 Å². The molecule has 0 N–H and O–H groups in total. The van der Waals surface area contributed by atoms with Crippen LogP contribution in [0.15, 0.2) is 272 Å². The smallest absolute Gasteiger partial charge is 0.261 e. The second-order valence-electron chi connectivity index (χ2n) is 20.4. The molecule has 0 radical (unpaired) electrons. The van der Waals surface area contributed by atoms with Crippen LogP contribution in [0.1, 0.15) is 39.8 Å². The first kappa shape index (κ1) is 46.5. The minimum atomic E-state index is -0.204. The van der Waals surface area contributed by atoms with E-state index < -0.39 is 0 Å². The van der Waals surface area contributed by atoms with Gasteiger partial charge in [0, 0.05) is 34.1 Å². The third-order valence-corrected chi connectivity index (χ3v) is 15.6. The molecule has 0 saturated heterocycles. The van der Waals surface area contributed by atoms with Gasteiger partial charge in [-0.15, -0.1) is 0 Å². The molecule has 2 aliphatic heterocycles. The molecule has 6 heteroatoms. The molecule has 2 heterocycles. The normalized spacial score (nSPS) is 14.0. The SMILES string of the molecule is O=C1C2=C(c3ccc(N(c4ccc5ccccc5c4)c4ccc5ccccc5c4)cc3)N(Cc3ccccc3)C(=O)C2=C(c2ccc(N(c3ccc4c(c3)C=CCC4)c3ccc4ccccc4c3)cc2)N1Cc1ccccc1. The Morgan fingerprint density at radius 1 is 0.346 bits per heavy atom. The Labute approximate surface area is 454 Å². The molecular formula is C72H52N4O2. The van der Waals surface area contributed by atoms with Gasteiger partial charge >= 0.3 is 0 Å². The average molecular weight is 1010 g/mol. The van der Waals surface area contributed by atoms with Crippen LogP contribution in [0.2, 0.25) is 0 Å². The van der Waals surface area contributed by atoms with E-state index in [0.29, 0.717) is 35.6 Å². The highest BCUT2D eigenvalue weighted by molar-refractivity contribution is 6.30. The van der Waals surface area contributed by atoms with Crippen molar-refractivity contribution in [1.82, 2.24) is 9.80 Å². The van der Waals surface area contributed by atoms with Crippen LogP contribution >= 0.6 is 0 Å². The van der Waals surface area contributed by atoms with Gasteiger partial charge in [-0.1, -0.05) is 194 Å². The van der Waals surface area contributed by atoms with E-state index in [0.717, 1.165) is 85.4 Å². The molecule has 11 aromatic rings. The maximum absolute atomic E-state index is 15.7. The van der Waals surface area contributed by atoms with E-state index in [1.807, 2.05) is 70.5 Å². The molecule has 0 saturated carbocycles. The first-order valence-corrected chi connectivity index (χ1v) is 26.8. The van der Waals surface area contributed by atoms with Gasteiger partial charge < -0.3 is 19.6 Å². The number of hydrogen-bond acceptors (Lipinski definition) is 4. The predicted octanol–water partition coefficient (Wildman–Crippen LogP) is 17.3. The van der Waals surface area contributed by atoms with Crippen LogP contribution in [0.4, 0.5) is 34.1 Å². The van der Waals surface area contributed by atoms with E-state index in [4.69, 9.17) is 0 Å². The molecule has 3 aliphatic rings. The first-order chi connectivity index (χ1) is 38.5. The van der Waals surface area contributed by atoms with Crippen molar-refractivity contribution in [3.8, 4) is 0 Å². The molecule has 2 amide bonds. The van der Waals surface area contributed by atoms with Gasteiger partial charge in [-0.05, 0) is 151 Å². The Hall–Kier alpha value is -10.0. The molecule has 1 aliphatic carbocycles. The number of allylic oxidation sites excluding steroid dienone is 1. The van der Waals surface area contributed by atoms with Crippen molar-refractivity contribution >= 4 is 95.7 Å². The highest BCUT2D eigenvalue weighted by Gasteiger charge is 2.49. The number of aryl methyl sites for hydroxylation is 1. The molecule has 11 aromatic carbocycles. The van der Waals surface area contributed by atoms with Crippen LogP contribution in [-0.4, -0.2) is 21.6 Å². The second-order valence-corrected chi connectivity index (χ2v) is 20.4. The zero-order chi connectivity index (χ0) is 52.1. The van der Waals surface area contributed by atoms with Gasteiger partial charge in [-0.25, -0.2) is 0 Å². The lowest BCUT2D eigenvalue weighted by Crippen LogP contribution is -2.29. The second kappa shape index (κ2) is 19.6. The fraction of sp³-hybridized carbons (Fsp3) is 0.0556. The van der Waals surface area contributed by atoms with Crippen molar-refractivity contribution in [3.05, 3.63) is 305 Å². The van der Waals surface area contributed by atoms with E-state index in [-0.39, 0.29) is 11.8 Å². The number of nitrogens with zero attached hydrogens (tertiary/aromatic N) is 4. The lowest BCUT2D eigenvalue weighted by molar-refractivity contribution is -0.124. The van der Waals surface area contributed by atoms with Crippen molar-refractivity contribution in [3.63, 3.8) is 0 Å².